The lowest BCUT2D eigenvalue weighted by molar-refractivity contribution is 0.299. The van der Waals surface area contributed by atoms with Gasteiger partial charge in [-0.3, -0.25) is 0 Å². The number of nitrogens with zero attached hydrogens (tertiary/aromatic N) is 1. The maximum Gasteiger partial charge on any atom is 0.266 e. The highest BCUT2D eigenvalue weighted by atomic mass is 35.7. The fraction of sp³-hybridized carbons (Fsp3) is 0.214. The van der Waals surface area contributed by atoms with Gasteiger partial charge in [0.25, 0.3) is 9.05 Å². The van der Waals surface area contributed by atoms with Gasteiger partial charge < -0.3 is 9.47 Å². The molecule has 0 saturated heterocycles. The van der Waals surface area contributed by atoms with Crippen molar-refractivity contribution in [3.05, 3.63) is 42.6 Å². The van der Waals surface area contributed by atoms with Gasteiger partial charge >= 0.3 is 0 Å². The molecule has 0 unspecified atom stereocenters. The molecule has 0 aliphatic heterocycles. The molecule has 2 aromatic rings. The lowest BCUT2D eigenvalue weighted by Crippen LogP contribution is -2.00. The summed E-state index contributed by atoms with van der Waals surface area (Å²) >= 11 is 0. The zero-order valence-corrected chi connectivity index (χ0v) is 12.9. The number of ether oxygens (including phenoxy) is 2. The molecule has 1 heterocycles. The molecule has 21 heavy (non-hydrogen) atoms. The van der Waals surface area contributed by atoms with Crippen LogP contribution in [0.2, 0.25) is 0 Å². The Morgan fingerprint density at radius 2 is 1.86 bits per heavy atom. The first-order chi connectivity index (χ1) is 10.0. The normalized spacial score (nSPS) is 11.1. The van der Waals surface area contributed by atoms with E-state index in [1.54, 1.807) is 24.3 Å². The Morgan fingerprint density at radius 1 is 1.14 bits per heavy atom. The summed E-state index contributed by atoms with van der Waals surface area (Å²) in [5, 5.41) is 0. The average molecular weight is 328 g/mol. The molecule has 0 radical (unpaired) electrons. The Balaban J connectivity index is 2.35. The summed E-state index contributed by atoms with van der Waals surface area (Å²) in [6, 6.07) is 9.77. The molecule has 0 fully saturated rings. The van der Waals surface area contributed by atoms with Crippen LogP contribution < -0.4 is 9.47 Å². The van der Waals surface area contributed by atoms with Gasteiger partial charge in [0.1, 0.15) is 4.90 Å². The fourth-order valence-electron chi connectivity index (χ4n) is 1.61. The monoisotopic (exact) mass is 327 g/mol. The molecule has 2 rings (SSSR count). The SMILES string of the molecule is CCCOc1ccccc1Oc1ncccc1S(=O)(=O)Cl. The van der Waals surface area contributed by atoms with E-state index in [1.165, 1.54) is 18.3 Å². The van der Waals surface area contributed by atoms with Gasteiger partial charge in [-0.25, -0.2) is 13.4 Å². The zero-order valence-electron chi connectivity index (χ0n) is 11.3. The standard InChI is InChI=1S/C14H14ClNO4S/c1-2-10-19-11-6-3-4-7-12(11)20-14-13(21(15,17)18)8-5-9-16-14/h3-9H,2,10H2,1H3. The van der Waals surface area contributed by atoms with Crippen LogP contribution in [0, 0.1) is 0 Å². The van der Waals surface area contributed by atoms with Gasteiger partial charge in [-0.05, 0) is 30.7 Å². The van der Waals surface area contributed by atoms with Crippen LogP contribution in [0.5, 0.6) is 17.4 Å². The molecule has 0 saturated carbocycles. The van der Waals surface area contributed by atoms with Crippen LogP contribution in [0.1, 0.15) is 13.3 Å². The smallest absolute Gasteiger partial charge is 0.266 e. The zero-order chi connectivity index (χ0) is 15.3. The van der Waals surface area contributed by atoms with E-state index < -0.39 is 9.05 Å². The van der Waals surface area contributed by atoms with Gasteiger partial charge in [0.05, 0.1) is 6.61 Å². The van der Waals surface area contributed by atoms with E-state index in [0.29, 0.717) is 18.1 Å². The van der Waals surface area contributed by atoms with Gasteiger partial charge in [0, 0.05) is 16.9 Å². The number of aromatic nitrogens is 1. The van der Waals surface area contributed by atoms with Crippen molar-refractivity contribution in [3.63, 3.8) is 0 Å². The lowest BCUT2D eigenvalue weighted by Gasteiger charge is -2.12. The van der Waals surface area contributed by atoms with Crippen molar-refractivity contribution in [1.82, 2.24) is 4.98 Å². The van der Waals surface area contributed by atoms with Crippen LogP contribution in [0.25, 0.3) is 0 Å². The maximum atomic E-state index is 11.5. The summed E-state index contributed by atoms with van der Waals surface area (Å²) in [6.07, 6.45) is 2.27. The first-order valence-corrected chi connectivity index (χ1v) is 8.62. The molecule has 0 spiro atoms. The topological polar surface area (TPSA) is 65.5 Å². The molecule has 1 aromatic carbocycles. The minimum absolute atomic E-state index is 0.0833. The summed E-state index contributed by atoms with van der Waals surface area (Å²) in [5.74, 6) is 0.814. The third-order valence-corrected chi connectivity index (χ3v) is 3.85. The predicted molar refractivity (Wildman–Crippen MR) is 79.6 cm³/mol. The van der Waals surface area contributed by atoms with Crippen LogP contribution in [0.4, 0.5) is 0 Å². The van der Waals surface area contributed by atoms with Crippen molar-refractivity contribution in [2.45, 2.75) is 18.2 Å². The van der Waals surface area contributed by atoms with Gasteiger partial charge in [-0.2, -0.15) is 0 Å². The fourth-order valence-corrected chi connectivity index (χ4v) is 2.50. The van der Waals surface area contributed by atoms with Gasteiger partial charge in [0.15, 0.2) is 11.5 Å². The molecular formula is C14H14ClNO4S. The number of para-hydroxylation sites is 2. The second-order valence-corrected chi connectivity index (χ2v) is 6.68. The van der Waals surface area contributed by atoms with E-state index in [1.807, 2.05) is 6.92 Å². The summed E-state index contributed by atoms with van der Waals surface area (Å²) < 4.78 is 34.1. The van der Waals surface area contributed by atoms with E-state index >= 15 is 0 Å². The van der Waals surface area contributed by atoms with Crippen molar-refractivity contribution in [3.8, 4) is 17.4 Å². The summed E-state index contributed by atoms with van der Waals surface area (Å²) in [4.78, 5) is 3.74. The van der Waals surface area contributed by atoms with Crippen molar-refractivity contribution in [2.24, 2.45) is 0 Å². The molecule has 112 valence electrons. The third kappa shape index (κ3) is 4.09. The second-order valence-electron chi connectivity index (χ2n) is 4.14. The van der Waals surface area contributed by atoms with E-state index in [9.17, 15) is 8.42 Å². The molecular weight excluding hydrogens is 314 g/mol. The van der Waals surface area contributed by atoms with Gasteiger partial charge in [-0.15, -0.1) is 0 Å². The summed E-state index contributed by atoms with van der Waals surface area (Å²) in [7, 11) is 1.43. The summed E-state index contributed by atoms with van der Waals surface area (Å²) in [6.45, 7) is 2.52. The highest BCUT2D eigenvalue weighted by molar-refractivity contribution is 8.13. The molecule has 0 bridgehead atoms. The predicted octanol–water partition coefficient (Wildman–Crippen LogP) is 3.59. The molecule has 0 atom stereocenters. The van der Waals surface area contributed by atoms with Crippen molar-refractivity contribution in [1.29, 1.82) is 0 Å². The highest BCUT2D eigenvalue weighted by Crippen LogP contribution is 2.34. The maximum absolute atomic E-state index is 11.5. The van der Waals surface area contributed by atoms with Crippen LogP contribution in [0.3, 0.4) is 0 Å². The van der Waals surface area contributed by atoms with E-state index in [0.717, 1.165) is 6.42 Å². The molecule has 0 amide bonds. The highest BCUT2D eigenvalue weighted by Gasteiger charge is 2.19. The first kappa shape index (κ1) is 15.6. The molecule has 0 N–H and O–H groups in total. The Kier molecular flexibility index (Phi) is 5.03. The Morgan fingerprint density at radius 3 is 2.52 bits per heavy atom. The molecule has 0 aliphatic rings. The Bertz CT molecular complexity index is 718. The van der Waals surface area contributed by atoms with Crippen molar-refractivity contribution >= 4 is 19.7 Å². The lowest BCUT2D eigenvalue weighted by atomic mass is 10.3. The Hall–Kier alpha value is -1.79. The Labute approximate surface area is 127 Å². The van der Waals surface area contributed by atoms with Gasteiger partial charge in [0.2, 0.25) is 5.88 Å². The van der Waals surface area contributed by atoms with E-state index in [-0.39, 0.29) is 10.8 Å². The number of halogens is 1. The van der Waals surface area contributed by atoms with Crippen LogP contribution >= 0.6 is 10.7 Å². The van der Waals surface area contributed by atoms with Crippen molar-refractivity contribution in [2.75, 3.05) is 6.61 Å². The molecule has 0 aliphatic carbocycles. The minimum atomic E-state index is -3.94. The second kappa shape index (κ2) is 6.78. The first-order valence-electron chi connectivity index (χ1n) is 6.31. The van der Waals surface area contributed by atoms with Crippen LogP contribution in [-0.2, 0) is 9.05 Å². The third-order valence-electron chi connectivity index (χ3n) is 2.52. The molecule has 5 nitrogen and oxygen atoms in total. The van der Waals surface area contributed by atoms with Crippen LogP contribution in [-0.4, -0.2) is 20.0 Å². The number of hydrogen-bond donors (Lipinski definition) is 0. The van der Waals surface area contributed by atoms with Gasteiger partial charge in [-0.1, -0.05) is 19.1 Å². The van der Waals surface area contributed by atoms with E-state index in [4.69, 9.17) is 20.2 Å². The van der Waals surface area contributed by atoms with E-state index in [2.05, 4.69) is 4.98 Å². The van der Waals surface area contributed by atoms with Crippen molar-refractivity contribution < 1.29 is 17.9 Å². The molecule has 7 heteroatoms. The number of benzene rings is 1. The average Bonchev–Trinajstić information content (AvgIpc) is 2.46. The van der Waals surface area contributed by atoms with Crippen LogP contribution in [0.15, 0.2) is 47.5 Å². The number of pyridine rings is 1. The molecule has 1 aromatic heterocycles. The minimum Gasteiger partial charge on any atom is -0.490 e. The summed E-state index contributed by atoms with van der Waals surface area (Å²) in [5.41, 5.74) is 0. The number of rotatable bonds is 6. The largest absolute Gasteiger partial charge is 0.490 e. The number of hydrogen-bond acceptors (Lipinski definition) is 5. The quantitative estimate of drug-likeness (QED) is 0.758.